The van der Waals surface area contributed by atoms with Crippen LogP contribution in [0.15, 0.2) is 4.66 Å². The van der Waals surface area contributed by atoms with Gasteiger partial charge in [-0.3, -0.25) is 0 Å². The zero-order valence-corrected chi connectivity index (χ0v) is 8.47. The van der Waals surface area contributed by atoms with E-state index in [1.165, 1.54) is 0 Å². The van der Waals surface area contributed by atoms with Gasteiger partial charge in [0.05, 0.1) is 6.10 Å². The number of aliphatic hydroxyl groups excluding tert-OH is 1. The minimum atomic E-state index is -1.36. The van der Waals surface area contributed by atoms with Crippen molar-refractivity contribution in [3.8, 4) is 0 Å². The minimum Gasteiger partial charge on any atom is -0.388 e. The van der Waals surface area contributed by atoms with Gasteiger partial charge in [-0.05, 0) is 33.5 Å². The molecular formula is C7H17NOSi. The Morgan fingerprint density at radius 3 is 1.90 bits per heavy atom. The van der Waals surface area contributed by atoms with Crippen LogP contribution in [0.1, 0.15) is 13.8 Å². The maximum absolute atomic E-state index is 9.08. The lowest BCUT2D eigenvalue weighted by molar-refractivity contribution is 0.261. The number of hydrogen-bond donors (Lipinski definition) is 1. The molecule has 0 saturated heterocycles. The molecule has 0 rings (SSSR count). The van der Waals surface area contributed by atoms with E-state index in [-0.39, 0.29) is 6.10 Å². The van der Waals surface area contributed by atoms with E-state index in [9.17, 15) is 0 Å². The van der Waals surface area contributed by atoms with Crippen LogP contribution in [0, 0.1) is 0 Å². The molecule has 0 spiro atoms. The molecule has 1 N–H and O–H groups in total. The quantitative estimate of drug-likeness (QED) is 0.482. The summed E-state index contributed by atoms with van der Waals surface area (Å²) < 4.78 is 4.41. The lowest BCUT2D eigenvalue weighted by atomic mass is 10.3. The van der Waals surface area contributed by atoms with Gasteiger partial charge in [0.2, 0.25) is 0 Å². The summed E-state index contributed by atoms with van der Waals surface area (Å²) in [5.41, 5.74) is 0.860. The Morgan fingerprint density at radius 2 is 1.80 bits per heavy atom. The second kappa shape index (κ2) is 3.30. The fraction of sp³-hybridized carbons (Fsp3) is 0.857. The Kier molecular flexibility index (Phi) is 3.25. The second-order valence-electron chi connectivity index (χ2n) is 3.60. The molecule has 0 aromatic rings. The predicted molar refractivity (Wildman–Crippen MR) is 48.1 cm³/mol. The molecule has 0 bridgehead atoms. The average molecular weight is 159 g/mol. The highest BCUT2D eigenvalue weighted by molar-refractivity contribution is 6.75. The molecule has 0 fully saturated rings. The van der Waals surface area contributed by atoms with Crippen LogP contribution in [0.5, 0.6) is 0 Å². The van der Waals surface area contributed by atoms with E-state index in [1.54, 1.807) is 6.92 Å². The zero-order valence-electron chi connectivity index (χ0n) is 7.47. The Morgan fingerprint density at radius 1 is 1.40 bits per heavy atom. The first kappa shape index (κ1) is 9.85. The molecule has 0 saturated carbocycles. The zero-order chi connectivity index (χ0) is 8.36. The van der Waals surface area contributed by atoms with Crippen molar-refractivity contribution in [2.45, 2.75) is 39.6 Å². The molecule has 2 nitrogen and oxygen atoms in total. The smallest absolute Gasteiger partial charge is 0.172 e. The van der Waals surface area contributed by atoms with Gasteiger partial charge in [0.15, 0.2) is 8.24 Å². The van der Waals surface area contributed by atoms with E-state index >= 15 is 0 Å². The van der Waals surface area contributed by atoms with Gasteiger partial charge in [-0.1, -0.05) is 0 Å². The van der Waals surface area contributed by atoms with E-state index in [4.69, 9.17) is 5.11 Å². The van der Waals surface area contributed by atoms with Crippen molar-refractivity contribution in [2.75, 3.05) is 0 Å². The standard InChI is InChI=1S/C7H17NOSi/c1-6(7(2)9)8-10(3,4)5/h7,9H,1-5H3. The van der Waals surface area contributed by atoms with Gasteiger partial charge in [-0.25, -0.2) is 0 Å². The van der Waals surface area contributed by atoms with Crippen molar-refractivity contribution in [2.24, 2.45) is 4.66 Å². The average Bonchev–Trinajstić information content (AvgIpc) is 1.60. The number of nitrogens with zero attached hydrogens (tertiary/aromatic N) is 1. The van der Waals surface area contributed by atoms with Crippen molar-refractivity contribution < 1.29 is 5.11 Å². The molecule has 0 radical (unpaired) electrons. The second-order valence-corrected chi connectivity index (χ2v) is 8.17. The highest BCUT2D eigenvalue weighted by Crippen LogP contribution is 2.03. The lowest BCUT2D eigenvalue weighted by Gasteiger charge is -2.12. The third kappa shape index (κ3) is 4.70. The molecule has 0 aliphatic carbocycles. The van der Waals surface area contributed by atoms with Crippen molar-refractivity contribution in [3.05, 3.63) is 0 Å². The van der Waals surface area contributed by atoms with E-state index < -0.39 is 8.24 Å². The van der Waals surface area contributed by atoms with Crippen LogP contribution in [0.3, 0.4) is 0 Å². The predicted octanol–water partition coefficient (Wildman–Crippen LogP) is 1.66. The highest BCUT2D eigenvalue weighted by Gasteiger charge is 2.12. The third-order valence-electron chi connectivity index (χ3n) is 1.12. The van der Waals surface area contributed by atoms with Gasteiger partial charge < -0.3 is 9.76 Å². The van der Waals surface area contributed by atoms with Crippen molar-refractivity contribution in [1.29, 1.82) is 0 Å². The Balaban J connectivity index is 4.17. The molecule has 0 amide bonds. The van der Waals surface area contributed by atoms with Crippen LogP contribution < -0.4 is 0 Å². The Bertz CT molecular complexity index is 135. The van der Waals surface area contributed by atoms with Gasteiger partial charge in [0.25, 0.3) is 0 Å². The summed E-state index contributed by atoms with van der Waals surface area (Å²) in [5.74, 6) is 0. The van der Waals surface area contributed by atoms with Crippen LogP contribution >= 0.6 is 0 Å². The third-order valence-corrected chi connectivity index (χ3v) is 2.14. The highest BCUT2D eigenvalue weighted by atomic mass is 28.3. The van der Waals surface area contributed by atoms with Crippen LogP contribution in [-0.4, -0.2) is 25.2 Å². The Hall–Kier alpha value is -0.153. The summed E-state index contributed by atoms with van der Waals surface area (Å²) in [7, 11) is -1.36. The first-order valence-corrected chi connectivity index (χ1v) is 7.02. The minimum absolute atomic E-state index is 0.383. The molecule has 0 aromatic heterocycles. The topological polar surface area (TPSA) is 32.6 Å². The summed E-state index contributed by atoms with van der Waals surface area (Å²) in [6, 6.07) is 0. The normalized spacial score (nSPS) is 17.2. The van der Waals surface area contributed by atoms with E-state index in [1.807, 2.05) is 6.92 Å². The number of rotatable bonds is 2. The summed E-state index contributed by atoms with van der Waals surface area (Å²) in [5, 5.41) is 9.08. The Labute approximate surface area is 64.1 Å². The maximum atomic E-state index is 9.08. The van der Waals surface area contributed by atoms with Gasteiger partial charge in [-0.2, -0.15) is 0 Å². The van der Waals surface area contributed by atoms with Gasteiger partial charge in [0.1, 0.15) is 0 Å². The monoisotopic (exact) mass is 159 g/mol. The summed E-state index contributed by atoms with van der Waals surface area (Å²) in [6.07, 6.45) is -0.383. The van der Waals surface area contributed by atoms with Crippen molar-refractivity contribution in [1.82, 2.24) is 0 Å². The molecule has 1 unspecified atom stereocenters. The largest absolute Gasteiger partial charge is 0.388 e. The first-order valence-electron chi connectivity index (χ1n) is 3.57. The van der Waals surface area contributed by atoms with E-state index in [2.05, 4.69) is 24.3 Å². The van der Waals surface area contributed by atoms with Crippen molar-refractivity contribution in [3.63, 3.8) is 0 Å². The molecule has 60 valence electrons. The maximum Gasteiger partial charge on any atom is 0.172 e. The number of aliphatic hydroxyl groups is 1. The summed E-state index contributed by atoms with van der Waals surface area (Å²) in [6.45, 7) is 10.1. The van der Waals surface area contributed by atoms with Gasteiger partial charge in [-0.15, -0.1) is 0 Å². The SMILES string of the molecule is CC(=N[Si](C)(C)C)C(C)O. The van der Waals surface area contributed by atoms with Crippen LogP contribution in [-0.2, 0) is 0 Å². The lowest BCUT2D eigenvalue weighted by Crippen LogP contribution is -2.23. The first-order chi connectivity index (χ1) is 4.33. The molecule has 10 heavy (non-hydrogen) atoms. The van der Waals surface area contributed by atoms with Crippen molar-refractivity contribution >= 4 is 13.9 Å². The van der Waals surface area contributed by atoms with Crippen LogP contribution in [0.4, 0.5) is 0 Å². The summed E-state index contributed by atoms with van der Waals surface area (Å²) >= 11 is 0. The fourth-order valence-corrected chi connectivity index (χ4v) is 1.87. The summed E-state index contributed by atoms with van der Waals surface area (Å²) in [4.78, 5) is 0. The molecular weight excluding hydrogens is 142 g/mol. The molecule has 0 aromatic carbocycles. The molecule has 3 heteroatoms. The van der Waals surface area contributed by atoms with Crippen LogP contribution in [0.25, 0.3) is 0 Å². The van der Waals surface area contributed by atoms with Crippen LogP contribution in [0.2, 0.25) is 19.6 Å². The fourth-order valence-electron chi connectivity index (χ4n) is 0.622. The molecule has 0 heterocycles. The van der Waals surface area contributed by atoms with Gasteiger partial charge in [0, 0.05) is 5.71 Å². The van der Waals surface area contributed by atoms with E-state index in [0.717, 1.165) is 5.71 Å². The van der Waals surface area contributed by atoms with E-state index in [0.29, 0.717) is 0 Å². The number of hydrogen-bond acceptors (Lipinski definition) is 2. The molecule has 0 aliphatic rings. The molecule has 0 aliphatic heterocycles. The molecule has 1 atom stereocenters. The van der Waals surface area contributed by atoms with Gasteiger partial charge >= 0.3 is 0 Å².